The van der Waals surface area contributed by atoms with Gasteiger partial charge in [-0.3, -0.25) is 4.90 Å². The Morgan fingerprint density at radius 3 is 2.23 bits per heavy atom. The van der Waals surface area contributed by atoms with Crippen LogP contribution in [0.15, 0.2) is 0 Å². The first kappa shape index (κ1) is 11.0. The summed E-state index contributed by atoms with van der Waals surface area (Å²) in [5.74, 6) is 0.675. The Morgan fingerprint density at radius 2 is 1.77 bits per heavy atom. The number of likely N-dealkylation sites (tertiary alicyclic amines) is 1. The lowest BCUT2D eigenvalue weighted by atomic mass is 9.86. The molecule has 0 aliphatic carbocycles. The van der Waals surface area contributed by atoms with Crippen LogP contribution in [0.3, 0.4) is 0 Å². The average molecular weight is 184 g/mol. The smallest absolute Gasteiger partial charge is 0.0194 e. The highest BCUT2D eigenvalue weighted by molar-refractivity contribution is 4.91. The van der Waals surface area contributed by atoms with E-state index in [-0.39, 0.29) is 5.54 Å². The molecule has 0 radical (unpaired) electrons. The van der Waals surface area contributed by atoms with Crippen molar-refractivity contribution < 1.29 is 0 Å². The molecule has 0 bridgehead atoms. The number of rotatable bonds is 0. The van der Waals surface area contributed by atoms with Gasteiger partial charge in [0.1, 0.15) is 0 Å². The van der Waals surface area contributed by atoms with E-state index in [9.17, 15) is 0 Å². The third-order valence-electron chi connectivity index (χ3n) is 3.25. The van der Waals surface area contributed by atoms with Crippen LogP contribution >= 0.6 is 0 Å². The maximum absolute atomic E-state index is 6.09. The SMILES string of the molecule is CC1CC(C)N(C(C)(C)C)CC1N. The van der Waals surface area contributed by atoms with Gasteiger partial charge in [-0.25, -0.2) is 0 Å². The molecule has 1 aliphatic rings. The van der Waals surface area contributed by atoms with Crippen LogP contribution < -0.4 is 5.73 Å². The standard InChI is InChI=1S/C11H24N2/c1-8-6-9(2)13(7-10(8)12)11(3,4)5/h8-10H,6-7,12H2,1-5H3. The molecule has 0 aromatic rings. The molecule has 78 valence electrons. The highest BCUT2D eigenvalue weighted by Crippen LogP contribution is 2.27. The van der Waals surface area contributed by atoms with Crippen LogP contribution in [-0.2, 0) is 0 Å². The summed E-state index contributed by atoms with van der Waals surface area (Å²) in [6.07, 6.45) is 1.23. The minimum Gasteiger partial charge on any atom is -0.326 e. The van der Waals surface area contributed by atoms with Gasteiger partial charge in [-0.05, 0) is 40.0 Å². The Morgan fingerprint density at radius 1 is 1.23 bits per heavy atom. The monoisotopic (exact) mass is 184 g/mol. The van der Waals surface area contributed by atoms with Gasteiger partial charge in [0, 0.05) is 24.2 Å². The normalized spacial score (nSPS) is 37.8. The summed E-state index contributed by atoms with van der Waals surface area (Å²) in [5, 5.41) is 0. The molecule has 0 saturated carbocycles. The van der Waals surface area contributed by atoms with Gasteiger partial charge >= 0.3 is 0 Å². The van der Waals surface area contributed by atoms with Crippen molar-refractivity contribution in [3.8, 4) is 0 Å². The maximum atomic E-state index is 6.09. The Labute approximate surface area is 82.5 Å². The summed E-state index contributed by atoms with van der Waals surface area (Å²) >= 11 is 0. The second-order valence-electron chi connectivity index (χ2n) is 5.55. The third kappa shape index (κ3) is 2.44. The first-order valence-corrected chi connectivity index (χ1v) is 5.34. The highest BCUT2D eigenvalue weighted by atomic mass is 15.2. The molecule has 0 aromatic heterocycles. The van der Waals surface area contributed by atoms with E-state index in [2.05, 4.69) is 39.5 Å². The van der Waals surface area contributed by atoms with Crippen LogP contribution in [-0.4, -0.2) is 29.1 Å². The van der Waals surface area contributed by atoms with Crippen molar-refractivity contribution in [1.29, 1.82) is 0 Å². The third-order valence-corrected chi connectivity index (χ3v) is 3.25. The molecule has 0 amide bonds. The van der Waals surface area contributed by atoms with E-state index in [1.54, 1.807) is 0 Å². The Balaban J connectivity index is 2.67. The summed E-state index contributed by atoms with van der Waals surface area (Å²) < 4.78 is 0. The summed E-state index contributed by atoms with van der Waals surface area (Å²) in [5.41, 5.74) is 6.35. The molecule has 13 heavy (non-hydrogen) atoms. The Bertz CT molecular complexity index is 171. The van der Waals surface area contributed by atoms with Crippen LogP contribution in [0, 0.1) is 5.92 Å². The summed E-state index contributed by atoms with van der Waals surface area (Å²) in [7, 11) is 0. The van der Waals surface area contributed by atoms with Gasteiger partial charge < -0.3 is 5.73 Å². The number of piperidine rings is 1. The van der Waals surface area contributed by atoms with E-state index in [0.29, 0.717) is 18.0 Å². The second kappa shape index (κ2) is 3.58. The molecule has 3 atom stereocenters. The van der Waals surface area contributed by atoms with Crippen molar-refractivity contribution in [2.45, 2.75) is 58.7 Å². The van der Waals surface area contributed by atoms with Gasteiger partial charge in [-0.1, -0.05) is 6.92 Å². The molecule has 0 spiro atoms. The summed E-state index contributed by atoms with van der Waals surface area (Å²) in [4.78, 5) is 2.53. The van der Waals surface area contributed by atoms with Gasteiger partial charge in [-0.15, -0.1) is 0 Å². The quantitative estimate of drug-likeness (QED) is 0.622. The molecule has 1 aliphatic heterocycles. The zero-order valence-electron chi connectivity index (χ0n) is 9.67. The number of nitrogens with zero attached hydrogens (tertiary/aromatic N) is 1. The van der Waals surface area contributed by atoms with Gasteiger partial charge in [0.15, 0.2) is 0 Å². The van der Waals surface area contributed by atoms with Crippen molar-refractivity contribution in [3.05, 3.63) is 0 Å². The molecular formula is C11H24N2. The maximum Gasteiger partial charge on any atom is 0.0194 e. The van der Waals surface area contributed by atoms with Gasteiger partial charge in [0.2, 0.25) is 0 Å². The zero-order chi connectivity index (χ0) is 10.2. The van der Waals surface area contributed by atoms with Crippen molar-refractivity contribution in [3.63, 3.8) is 0 Å². The lowest BCUT2D eigenvalue weighted by Crippen LogP contribution is -2.58. The number of hydrogen-bond donors (Lipinski definition) is 1. The minimum absolute atomic E-state index is 0.261. The van der Waals surface area contributed by atoms with E-state index in [4.69, 9.17) is 5.73 Å². The fraction of sp³-hybridized carbons (Fsp3) is 1.00. The van der Waals surface area contributed by atoms with Crippen molar-refractivity contribution in [1.82, 2.24) is 4.90 Å². The second-order valence-corrected chi connectivity index (χ2v) is 5.55. The first-order chi connectivity index (χ1) is 5.82. The Hall–Kier alpha value is -0.0800. The highest BCUT2D eigenvalue weighted by Gasteiger charge is 2.34. The van der Waals surface area contributed by atoms with Crippen molar-refractivity contribution in [2.24, 2.45) is 11.7 Å². The Kier molecular flexibility index (Phi) is 3.03. The summed E-state index contributed by atoms with van der Waals surface area (Å²) in [6, 6.07) is 1.03. The van der Waals surface area contributed by atoms with Crippen molar-refractivity contribution >= 4 is 0 Å². The molecule has 1 heterocycles. The van der Waals surface area contributed by atoms with Crippen LogP contribution in [0.25, 0.3) is 0 Å². The molecule has 3 unspecified atom stereocenters. The zero-order valence-corrected chi connectivity index (χ0v) is 9.67. The van der Waals surface area contributed by atoms with E-state index < -0.39 is 0 Å². The molecule has 2 N–H and O–H groups in total. The number of hydrogen-bond acceptors (Lipinski definition) is 2. The van der Waals surface area contributed by atoms with E-state index in [0.717, 1.165) is 6.54 Å². The van der Waals surface area contributed by atoms with E-state index in [1.165, 1.54) is 6.42 Å². The molecule has 2 heteroatoms. The lowest BCUT2D eigenvalue weighted by Gasteiger charge is -2.47. The van der Waals surface area contributed by atoms with Crippen LogP contribution in [0.4, 0.5) is 0 Å². The summed E-state index contributed by atoms with van der Waals surface area (Å²) in [6.45, 7) is 12.4. The minimum atomic E-state index is 0.261. The van der Waals surface area contributed by atoms with Gasteiger partial charge in [0.25, 0.3) is 0 Å². The van der Waals surface area contributed by atoms with Gasteiger partial charge in [-0.2, -0.15) is 0 Å². The largest absolute Gasteiger partial charge is 0.326 e. The topological polar surface area (TPSA) is 29.3 Å². The molecule has 0 aromatic carbocycles. The predicted octanol–water partition coefficient (Wildman–Crippen LogP) is 1.84. The fourth-order valence-corrected chi connectivity index (χ4v) is 2.36. The van der Waals surface area contributed by atoms with Crippen LogP contribution in [0.5, 0.6) is 0 Å². The average Bonchev–Trinajstić information content (AvgIpc) is 1.94. The fourth-order valence-electron chi connectivity index (χ4n) is 2.36. The van der Waals surface area contributed by atoms with Crippen LogP contribution in [0.1, 0.15) is 41.0 Å². The molecule has 2 nitrogen and oxygen atoms in total. The van der Waals surface area contributed by atoms with E-state index in [1.807, 2.05) is 0 Å². The molecule has 1 saturated heterocycles. The van der Waals surface area contributed by atoms with Gasteiger partial charge in [0.05, 0.1) is 0 Å². The van der Waals surface area contributed by atoms with Crippen molar-refractivity contribution in [2.75, 3.05) is 6.54 Å². The number of nitrogens with two attached hydrogens (primary N) is 1. The molecule has 1 rings (SSSR count). The van der Waals surface area contributed by atoms with E-state index >= 15 is 0 Å². The predicted molar refractivity (Wildman–Crippen MR) is 57.7 cm³/mol. The first-order valence-electron chi connectivity index (χ1n) is 5.34. The molecular weight excluding hydrogens is 160 g/mol. The van der Waals surface area contributed by atoms with Crippen LogP contribution in [0.2, 0.25) is 0 Å². The molecule has 1 fully saturated rings. The lowest BCUT2D eigenvalue weighted by molar-refractivity contribution is 0.0312.